The quantitative estimate of drug-likeness (QED) is 0.377. The van der Waals surface area contributed by atoms with Crippen LogP contribution in [0.25, 0.3) is 28.3 Å². The molecule has 0 atom stereocenters. The van der Waals surface area contributed by atoms with E-state index in [0.29, 0.717) is 22.6 Å². The number of nitrogens with zero attached hydrogens (tertiary/aromatic N) is 2. The number of hydrogen-bond donors (Lipinski definition) is 1. The minimum Gasteiger partial charge on any atom is -0.464 e. The highest BCUT2D eigenvalue weighted by Gasteiger charge is 2.35. The zero-order valence-corrected chi connectivity index (χ0v) is 19.8. The largest absolute Gasteiger partial charge is 0.464 e. The molecule has 0 spiro atoms. The first-order valence-electron chi connectivity index (χ1n) is 9.87. The molecular weight excluding hydrogens is 491 g/mol. The van der Waals surface area contributed by atoms with Crippen molar-refractivity contribution in [3.8, 4) is 28.3 Å². The summed E-state index contributed by atoms with van der Waals surface area (Å²) in [5.41, 5.74) is 1.20. The first kappa shape index (κ1) is 25.5. The van der Waals surface area contributed by atoms with Gasteiger partial charge >= 0.3 is 6.18 Å². The van der Waals surface area contributed by atoms with Gasteiger partial charge in [0.25, 0.3) is 0 Å². The smallest absolute Gasteiger partial charge is 0.435 e. The molecule has 0 fully saturated rings. The third-order valence-electron chi connectivity index (χ3n) is 5.04. The van der Waals surface area contributed by atoms with Gasteiger partial charge in [-0.25, -0.2) is 13.1 Å². The fourth-order valence-electron chi connectivity index (χ4n) is 3.56. The topological polar surface area (TPSA) is 77.1 Å². The number of rotatable bonds is 6. The number of hydrogen-bond acceptors (Lipinski definition) is 5. The van der Waals surface area contributed by atoms with Crippen molar-refractivity contribution in [1.29, 1.82) is 0 Å². The van der Waals surface area contributed by atoms with Crippen LogP contribution >= 0.6 is 12.4 Å². The lowest BCUT2D eigenvalue weighted by molar-refractivity contribution is -0.141. The van der Waals surface area contributed by atoms with Crippen LogP contribution in [0.2, 0.25) is 0 Å². The molecule has 2 aromatic carbocycles. The SMILES string of the molecule is CNCc1cc(-n2nc(C(F)(F)F)cc2-c2ccc(-c3ccco3)cc2)ccc1S(C)(=O)=O.Cl. The summed E-state index contributed by atoms with van der Waals surface area (Å²) in [7, 11) is -1.87. The molecule has 34 heavy (non-hydrogen) atoms. The molecule has 4 rings (SSSR count). The highest BCUT2D eigenvalue weighted by atomic mass is 35.5. The van der Waals surface area contributed by atoms with Gasteiger partial charge in [-0.1, -0.05) is 24.3 Å². The second kappa shape index (κ2) is 9.65. The van der Waals surface area contributed by atoms with Gasteiger partial charge in [-0.2, -0.15) is 18.3 Å². The van der Waals surface area contributed by atoms with Crippen molar-refractivity contribution in [2.75, 3.05) is 13.3 Å². The summed E-state index contributed by atoms with van der Waals surface area (Å²) in [6, 6.07) is 15.7. The zero-order chi connectivity index (χ0) is 23.8. The average Bonchev–Trinajstić information content (AvgIpc) is 3.43. The van der Waals surface area contributed by atoms with Crippen LogP contribution in [0.4, 0.5) is 13.2 Å². The Kier molecular flexibility index (Phi) is 7.25. The summed E-state index contributed by atoms with van der Waals surface area (Å²) in [5, 5.41) is 6.68. The third-order valence-corrected chi connectivity index (χ3v) is 6.24. The van der Waals surface area contributed by atoms with Crippen molar-refractivity contribution in [3.63, 3.8) is 0 Å². The fraction of sp³-hybridized carbons (Fsp3) is 0.174. The Bertz CT molecular complexity index is 1380. The Morgan fingerprint density at radius 2 is 1.71 bits per heavy atom. The van der Waals surface area contributed by atoms with E-state index in [-0.39, 0.29) is 29.5 Å². The zero-order valence-electron chi connectivity index (χ0n) is 18.1. The van der Waals surface area contributed by atoms with E-state index in [1.807, 2.05) is 0 Å². The Morgan fingerprint density at radius 3 is 2.26 bits per heavy atom. The molecular formula is C23H21ClF3N3O3S. The van der Waals surface area contributed by atoms with E-state index in [1.54, 1.807) is 43.4 Å². The summed E-state index contributed by atoms with van der Waals surface area (Å²) in [4.78, 5) is 0.105. The van der Waals surface area contributed by atoms with E-state index < -0.39 is 21.7 Å². The van der Waals surface area contributed by atoms with Gasteiger partial charge in [-0.15, -0.1) is 12.4 Å². The Morgan fingerprint density at radius 1 is 1.03 bits per heavy atom. The van der Waals surface area contributed by atoms with E-state index in [1.165, 1.54) is 29.1 Å². The van der Waals surface area contributed by atoms with Crippen LogP contribution in [0.1, 0.15) is 11.3 Å². The maximum absolute atomic E-state index is 13.5. The van der Waals surface area contributed by atoms with Gasteiger partial charge in [0.05, 0.1) is 22.5 Å². The van der Waals surface area contributed by atoms with Crippen LogP contribution in [-0.2, 0) is 22.6 Å². The lowest BCUT2D eigenvalue weighted by atomic mass is 10.1. The molecule has 11 heteroatoms. The van der Waals surface area contributed by atoms with Crippen LogP contribution in [0.5, 0.6) is 0 Å². The predicted octanol–water partition coefficient (Wildman–Crippen LogP) is 5.36. The molecule has 2 heterocycles. The van der Waals surface area contributed by atoms with Gasteiger partial charge in [-0.3, -0.25) is 0 Å². The monoisotopic (exact) mass is 511 g/mol. The number of alkyl halides is 3. The summed E-state index contributed by atoms with van der Waals surface area (Å²) in [6.45, 7) is 0.219. The van der Waals surface area contributed by atoms with E-state index in [9.17, 15) is 21.6 Å². The maximum atomic E-state index is 13.5. The summed E-state index contributed by atoms with van der Waals surface area (Å²) < 4.78 is 71.3. The summed E-state index contributed by atoms with van der Waals surface area (Å²) in [5.74, 6) is 0.638. The van der Waals surface area contributed by atoms with Gasteiger partial charge in [0, 0.05) is 23.9 Å². The molecule has 1 N–H and O–H groups in total. The van der Waals surface area contributed by atoms with Gasteiger partial charge in [-0.05, 0) is 49.0 Å². The van der Waals surface area contributed by atoms with Crippen LogP contribution < -0.4 is 5.32 Å². The van der Waals surface area contributed by atoms with Gasteiger partial charge in [0.1, 0.15) is 5.76 Å². The predicted molar refractivity (Wildman–Crippen MR) is 125 cm³/mol. The second-order valence-corrected chi connectivity index (χ2v) is 9.46. The number of aromatic nitrogens is 2. The molecule has 0 aliphatic heterocycles. The molecule has 180 valence electrons. The number of benzene rings is 2. The molecule has 0 saturated heterocycles. The highest BCUT2D eigenvalue weighted by Crippen LogP contribution is 2.34. The van der Waals surface area contributed by atoms with Crippen LogP contribution in [0, 0.1) is 0 Å². The van der Waals surface area contributed by atoms with Crippen molar-refractivity contribution in [1.82, 2.24) is 15.1 Å². The van der Waals surface area contributed by atoms with Gasteiger partial charge in [0.2, 0.25) is 0 Å². The van der Waals surface area contributed by atoms with Crippen molar-refractivity contribution in [3.05, 3.63) is 78.2 Å². The Labute approximate surface area is 200 Å². The molecule has 0 amide bonds. The Balaban J connectivity index is 0.00000324. The van der Waals surface area contributed by atoms with Crippen molar-refractivity contribution in [2.24, 2.45) is 0 Å². The van der Waals surface area contributed by atoms with E-state index in [0.717, 1.165) is 17.9 Å². The molecule has 0 radical (unpaired) electrons. The minimum atomic E-state index is -4.64. The molecule has 0 bridgehead atoms. The van der Waals surface area contributed by atoms with E-state index >= 15 is 0 Å². The number of halogens is 4. The third kappa shape index (κ3) is 5.19. The second-order valence-electron chi connectivity index (χ2n) is 7.47. The fourth-order valence-corrected chi connectivity index (χ4v) is 4.48. The molecule has 6 nitrogen and oxygen atoms in total. The highest BCUT2D eigenvalue weighted by molar-refractivity contribution is 7.90. The van der Waals surface area contributed by atoms with Crippen LogP contribution in [-0.4, -0.2) is 31.5 Å². The van der Waals surface area contributed by atoms with Crippen molar-refractivity contribution >= 4 is 22.2 Å². The summed E-state index contributed by atoms with van der Waals surface area (Å²) in [6.07, 6.45) is -2.02. The molecule has 2 aromatic heterocycles. The molecule has 4 aromatic rings. The van der Waals surface area contributed by atoms with Crippen molar-refractivity contribution in [2.45, 2.75) is 17.6 Å². The minimum absolute atomic E-state index is 0. The number of sulfone groups is 1. The normalized spacial score (nSPS) is 11.9. The number of nitrogens with one attached hydrogen (secondary N) is 1. The van der Waals surface area contributed by atoms with E-state index in [4.69, 9.17) is 4.42 Å². The average molecular weight is 512 g/mol. The molecule has 0 saturated carbocycles. The Hall–Kier alpha value is -3.08. The first-order valence-corrected chi connectivity index (χ1v) is 11.8. The first-order chi connectivity index (χ1) is 15.6. The number of furan rings is 1. The van der Waals surface area contributed by atoms with E-state index in [2.05, 4.69) is 10.4 Å². The van der Waals surface area contributed by atoms with Crippen LogP contribution in [0.15, 0.2) is 76.2 Å². The molecule has 0 unspecified atom stereocenters. The van der Waals surface area contributed by atoms with Crippen molar-refractivity contribution < 1.29 is 26.0 Å². The van der Waals surface area contributed by atoms with Crippen LogP contribution in [0.3, 0.4) is 0 Å². The van der Waals surface area contributed by atoms with Gasteiger partial charge < -0.3 is 9.73 Å². The lowest BCUT2D eigenvalue weighted by Gasteiger charge is -2.13. The maximum Gasteiger partial charge on any atom is 0.435 e. The summed E-state index contributed by atoms with van der Waals surface area (Å²) >= 11 is 0. The van der Waals surface area contributed by atoms with Gasteiger partial charge in [0.15, 0.2) is 15.5 Å². The molecule has 0 aliphatic rings. The standard InChI is InChI=1S/C23H20F3N3O3S.ClH/c1-27-14-17-12-18(9-10-21(17)33(2,30)31)29-19(13-22(28-29)23(24,25)26)15-5-7-16(8-6-15)20-4-3-11-32-20;/h3-13,27H,14H2,1-2H3;1H. The lowest BCUT2D eigenvalue weighted by Crippen LogP contribution is -2.12. The molecule has 0 aliphatic carbocycles.